The number of aliphatic hydroxyl groups excluding tert-OH is 1. The van der Waals surface area contributed by atoms with Crippen molar-refractivity contribution in [3.05, 3.63) is 0 Å². The summed E-state index contributed by atoms with van der Waals surface area (Å²) >= 11 is 5.42. The van der Waals surface area contributed by atoms with Crippen molar-refractivity contribution in [2.45, 2.75) is 38.3 Å². The summed E-state index contributed by atoms with van der Waals surface area (Å²) in [6.45, 7) is 1.37. The molecule has 0 amide bonds. The number of Topliss-reactive ketones (excluding diaryl/α,β-unsaturated/α-hetero) is 1. The van der Waals surface area contributed by atoms with Crippen LogP contribution in [0.4, 0.5) is 0 Å². The van der Waals surface area contributed by atoms with E-state index in [1.165, 1.54) is 19.8 Å². The number of carbonyl (C=O) groups excluding carboxylic acids is 1. The summed E-state index contributed by atoms with van der Waals surface area (Å²) in [4.78, 5) is 13.3. The van der Waals surface area contributed by atoms with E-state index in [-0.39, 0.29) is 11.8 Å². The van der Waals surface area contributed by atoms with Crippen molar-refractivity contribution in [3.63, 3.8) is 0 Å². The second-order valence-corrected chi connectivity index (χ2v) is 3.67. The van der Waals surface area contributed by atoms with Gasteiger partial charge in [-0.3, -0.25) is 4.79 Å². The van der Waals surface area contributed by atoms with Crippen LogP contribution in [0.25, 0.3) is 0 Å². The fourth-order valence-corrected chi connectivity index (χ4v) is 1.44. The first-order valence-electron chi connectivity index (χ1n) is 4.19. The average Bonchev–Trinajstić information content (AvgIpc) is 2.82. The highest BCUT2D eigenvalue weighted by Gasteiger charge is 2.30. The number of carbonyl (C=O) groups is 1. The summed E-state index contributed by atoms with van der Waals surface area (Å²) in [5.41, 5.74) is 0. The number of rotatable bonds is 5. The van der Waals surface area contributed by atoms with Crippen LogP contribution in [0.5, 0.6) is 0 Å². The Hall–Kier alpha value is -0.120. The normalized spacial score (nSPS) is 21.9. The van der Waals surface area contributed by atoms with Crippen molar-refractivity contribution >= 4 is 17.6 Å². The Morgan fingerprint density at radius 1 is 1.75 bits per heavy atom. The third-order valence-corrected chi connectivity index (χ3v) is 2.50. The molecule has 0 spiro atoms. The van der Waals surface area contributed by atoms with E-state index < -0.39 is 6.10 Å². The van der Waals surface area contributed by atoms with Gasteiger partial charge in [0.05, 0.1) is 6.04 Å². The van der Waals surface area contributed by atoms with E-state index in [2.05, 4.69) is 4.84 Å². The Bertz CT molecular complexity index is 170. The van der Waals surface area contributed by atoms with Crippen molar-refractivity contribution in [2.24, 2.45) is 5.92 Å². The van der Waals surface area contributed by atoms with Crippen molar-refractivity contribution in [1.82, 2.24) is 4.84 Å². The molecule has 1 aliphatic rings. The first-order valence-corrected chi connectivity index (χ1v) is 4.57. The lowest BCUT2D eigenvalue weighted by Gasteiger charge is -2.18. The first-order chi connectivity index (χ1) is 5.65. The van der Waals surface area contributed by atoms with Gasteiger partial charge in [0, 0.05) is 0 Å². The average molecular weight is 192 g/mol. The molecule has 0 aromatic carbocycles. The zero-order valence-corrected chi connectivity index (χ0v) is 7.84. The highest BCUT2D eigenvalue weighted by molar-refractivity contribution is 6.13. The van der Waals surface area contributed by atoms with Crippen LogP contribution in [-0.2, 0) is 4.79 Å². The van der Waals surface area contributed by atoms with Crippen molar-refractivity contribution < 1.29 is 9.90 Å². The van der Waals surface area contributed by atoms with Gasteiger partial charge < -0.3 is 5.11 Å². The Kier molecular flexibility index (Phi) is 3.50. The van der Waals surface area contributed by atoms with Gasteiger partial charge in [-0.25, -0.2) is 4.84 Å². The van der Waals surface area contributed by atoms with Gasteiger partial charge in [-0.2, -0.15) is 0 Å². The maximum absolute atomic E-state index is 10.8. The van der Waals surface area contributed by atoms with E-state index in [1.807, 2.05) is 0 Å². The molecule has 3 nitrogen and oxygen atoms in total. The lowest BCUT2D eigenvalue weighted by Crippen LogP contribution is -2.39. The van der Waals surface area contributed by atoms with E-state index in [1.54, 1.807) is 0 Å². The second kappa shape index (κ2) is 4.21. The largest absolute Gasteiger partial charge is 0.384 e. The molecular formula is C8H14ClNO2. The molecule has 1 saturated carbocycles. The number of nitrogens with one attached hydrogen (secondary N) is 1. The highest BCUT2D eigenvalue weighted by atomic mass is 35.5. The van der Waals surface area contributed by atoms with Crippen LogP contribution in [0.2, 0.25) is 0 Å². The molecule has 0 aliphatic heterocycles. The van der Waals surface area contributed by atoms with Gasteiger partial charge in [0.15, 0.2) is 5.78 Å². The number of aliphatic hydroxyl groups is 1. The van der Waals surface area contributed by atoms with E-state index >= 15 is 0 Å². The molecule has 1 aliphatic carbocycles. The number of hydrogen-bond donors (Lipinski definition) is 2. The molecule has 1 rings (SSSR count). The minimum atomic E-state index is -0.955. The van der Waals surface area contributed by atoms with Gasteiger partial charge in [0.1, 0.15) is 6.10 Å². The number of ketones is 1. The molecule has 0 bridgehead atoms. The van der Waals surface area contributed by atoms with Crippen molar-refractivity contribution in [1.29, 1.82) is 0 Å². The smallest absolute Gasteiger partial charge is 0.159 e. The summed E-state index contributed by atoms with van der Waals surface area (Å²) in [7, 11) is 0. The minimum Gasteiger partial charge on any atom is -0.384 e. The van der Waals surface area contributed by atoms with Crippen LogP contribution in [0.1, 0.15) is 26.2 Å². The first kappa shape index (κ1) is 9.96. The summed E-state index contributed by atoms with van der Waals surface area (Å²) in [6, 6.07) is -0.281. The van der Waals surface area contributed by atoms with Gasteiger partial charge >= 0.3 is 0 Å². The maximum Gasteiger partial charge on any atom is 0.159 e. The molecule has 70 valence electrons. The van der Waals surface area contributed by atoms with Crippen molar-refractivity contribution in [2.75, 3.05) is 0 Å². The lowest BCUT2D eigenvalue weighted by molar-refractivity contribution is -0.126. The quantitative estimate of drug-likeness (QED) is 0.634. The lowest BCUT2D eigenvalue weighted by atomic mass is 10.0. The summed E-state index contributed by atoms with van der Waals surface area (Å²) in [5.74, 6) is 0.420. The van der Waals surface area contributed by atoms with E-state index in [0.717, 1.165) is 6.42 Å². The summed E-state index contributed by atoms with van der Waals surface area (Å²) in [6.07, 6.45) is 2.23. The Balaban J connectivity index is 2.36. The van der Waals surface area contributed by atoms with Gasteiger partial charge in [-0.05, 0) is 31.0 Å². The minimum absolute atomic E-state index is 0.228. The molecule has 0 aromatic heterocycles. The topological polar surface area (TPSA) is 49.3 Å². The predicted octanol–water partition coefficient (Wildman–Crippen LogP) is 0.848. The molecule has 2 N–H and O–H groups in total. The Morgan fingerprint density at radius 2 is 2.33 bits per heavy atom. The fourth-order valence-electron chi connectivity index (χ4n) is 1.23. The van der Waals surface area contributed by atoms with Crippen LogP contribution >= 0.6 is 11.8 Å². The van der Waals surface area contributed by atoms with Gasteiger partial charge in [-0.1, -0.05) is 12.8 Å². The molecule has 0 heterocycles. The monoisotopic (exact) mass is 191 g/mol. The molecule has 4 heteroatoms. The third-order valence-electron chi connectivity index (χ3n) is 2.22. The van der Waals surface area contributed by atoms with E-state index in [0.29, 0.717) is 5.92 Å². The number of hydrogen-bond acceptors (Lipinski definition) is 3. The molecule has 0 radical (unpaired) electrons. The van der Waals surface area contributed by atoms with E-state index in [9.17, 15) is 9.90 Å². The predicted molar refractivity (Wildman–Crippen MR) is 46.8 cm³/mol. The zero-order valence-electron chi connectivity index (χ0n) is 7.09. The molecule has 0 saturated heterocycles. The molecule has 1 unspecified atom stereocenters. The van der Waals surface area contributed by atoms with Gasteiger partial charge in [-0.15, -0.1) is 0 Å². The van der Waals surface area contributed by atoms with Crippen LogP contribution in [0.15, 0.2) is 0 Å². The maximum atomic E-state index is 10.8. The Morgan fingerprint density at radius 3 is 2.67 bits per heavy atom. The van der Waals surface area contributed by atoms with Crippen LogP contribution < -0.4 is 4.84 Å². The Labute approximate surface area is 77.2 Å². The van der Waals surface area contributed by atoms with Crippen LogP contribution in [-0.4, -0.2) is 23.0 Å². The highest BCUT2D eigenvalue weighted by Crippen LogP contribution is 2.34. The van der Waals surface area contributed by atoms with Gasteiger partial charge in [0.2, 0.25) is 0 Å². The SMILES string of the molecule is CC(=O)C(O)[C@H](CC1CC1)NCl. The van der Waals surface area contributed by atoms with Crippen molar-refractivity contribution in [3.8, 4) is 0 Å². The molecule has 12 heavy (non-hydrogen) atoms. The standard InChI is InChI=1S/C8H14ClNO2/c1-5(11)8(12)7(10-9)4-6-2-3-6/h6-8,10,12H,2-4H2,1H3/t7-,8?/m0/s1. The summed E-state index contributed by atoms with van der Waals surface area (Å²) in [5, 5.41) is 9.37. The zero-order chi connectivity index (χ0) is 9.14. The third kappa shape index (κ3) is 2.73. The number of halogens is 1. The summed E-state index contributed by atoms with van der Waals surface area (Å²) < 4.78 is 0. The van der Waals surface area contributed by atoms with E-state index in [4.69, 9.17) is 11.8 Å². The second-order valence-electron chi connectivity index (χ2n) is 3.45. The van der Waals surface area contributed by atoms with Crippen LogP contribution in [0.3, 0.4) is 0 Å². The molecule has 2 atom stereocenters. The molecule has 0 aromatic rings. The van der Waals surface area contributed by atoms with Crippen LogP contribution in [0, 0.1) is 5.92 Å². The fraction of sp³-hybridized carbons (Fsp3) is 0.875. The molecular weight excluding hydrogens is 178 g/mol. The van der Waals surface area contributed by atoms with Gasteiger partial charge in [0.25, 0.3) is 0 Å². The molecule has 1 fully saturated rings.